The van der Waals surface area contributed by atoms with Crippen LogP contribution < -0.4 is 5.32 Å². The van der Waals surface area contributed by atoms with Crippen LogP contribution in [-0.2, 0) is 0 Å². The Bertz CT molecular complexity index is 76.7. The van der Waals surface area contributed by atoms with E-state index >= 15 is 0 Å². The van der Waals surface area contributed by atoms with Gasteiger partial charge in [0, 0.05) is 0 Å². The van der Waals surface area contributed by atoms with Gasteiger partial charge in [0.2, 0.25) is 0 Å². The molecule has 1 heterocycles. The fourth-order valence-electron chi connectivity index (χ4n) is 2.04. The number of nitrogens with one attached hydrogen (secondary N) is 1. The molecule has 1 aliphatic heterocycles. The van der Waals surface area contributed by atoms with E-state index in [1.54, 1.807) is 0 Å². The molecule has 0 aromatic heterocycles. The average Bonchev–Trinajstić information content (AvgIpc) is 2.35. The van der Waals surface area contributed by atoms with Gasteiger partial charge in [-0.2, -0.15) is 0 Å². The largest absolute Gasteiger partial charge is 0.316 e. The van der Waals surface area contributed by atoms with Crippen LogP contribution >= 0.6 is 0 Å². The molecule has 10 heavy (non-hydrogen) atoms. The summed E-state index contributed by atoms with van der Waals surface area (Å²) in [7, 11) is 0. The minimum Gasteiger partial charge on any atom is -0.316 e. The summed E-state index contributed by atoms with van der Waals surface area (Å²) in [6.07, 6.45) is 4.52. The fraction of sp³-hybridized carbons (Fsp3) is 1.00. The van der Waals surface area contributed by atoms with Crippen molar-refractivity contribution in [3.8, 4) is 0 Å². The van der Waals surface area contributed by atoms with Crippen molar-refractivity contribution in [2.75, 3.05) is 13.1 Å². The maximum absolute atomic E-state index is 3.45. The summed E-state index contributed by atoms with van der Waals surface area (Å²) in [5.41, 5.74) is 0. The summed E-state index contributed by atoms with van der Waals surface area (Å²) in [5, 5.41) is 3.45. The minimum atomic E-state index is 1.05. The van der Waals surface area contributed by atoms with Crippen molar-refractivity contribution in [3.63, 3.8) is 0 Å². The van der Waals surface area contributed by atoms with Gasteiger partial charge in [-0.05, 0) is 44.2 Å². The second-order valence-corrected chi connectivity index (χ2v) is 3.20. The van der Waals surface area contributed by atoms with Crippen molar-refractivity contribution in [3.05, 3.63) is 0 Å². The van der Waals surface area contributed by atoms with Crippen molar-refractivity contribution >= 4 is 0 Å². The Morgan fingerprint density at radius 3 is 1.90 bits per heavy atom. The summed E-state index contributed by atoms with van der Waals surface area (Å²) in [6.45, 7) is 6.60. The first kappa shape index (κ1) is 8.06. The van der Waals surface area contributed by atoms with Gasteiger partial charge in [0.25, 0.3) is 0 Å². The Morgan fingerprint density at radius 2 is 1.50 bits per heavy atom. The summed E-state index contributed by atoms with van der Waals surface area (Å²) < 4.78 is 0. The fourth-order valence-corrected chi connectivity index (χ4v) is 2.04. The van der Waals surface area contributed by atoms with E-state index in [-0.39, 0.29) is 0 Å². The molecule has 2 rings (SSSR count). The topological polar surface area (TPSA) is 12.0 Å². The Morgan fingerprint density at radius 1 is 1.00 bits per heavy atom. The van der Waals surface area contributed by atoms with Gasteiger partial charge in [-0.3, -0.25) is 0 Å². The lowest BCUT2D eigenvalue weighted by Crippen LogP contribution is -2.30. The average molecular weight is 141 g/mol. The molecule has 1 saturated heterocycles. The van der Waals surface area contributed by atoms with Crippen molar-refractivity contribution in [2.45, 2.75) is 33.1 Å². The van der Waals surface area contributed by atoms with Crippen LogP contribution in [0.4, 0.5) is 0 Å². The van der Waals surface area contributed by atoms with Crippen LogP contribution in [0.15, 0.2) is 0 Å². The van der Waals surface area contributed by atoms with E-state index in [1.165, 1.54) is 32.4 Å². The van der Waals surface area contributed by atoms with E-state index in [9.17, 15) is 0 Å². The standard InChI is InChI=1S/C7H13N.C2H6/c1-2-7-3-6(1)4-8-5-7;1-2/h6-8H,1-5H2;1-2H3. The van der Waals surface area contributed by atoms with E-state index in [2.05, 4.69) is 5.32 Å². The molecule has 1 saturated carbocycles. The number of rotatable bonds is 0. The highest BCUT2D eigenvalue weighted by molar-refractivity contribution is 4.82. The van der Waals surface area contributed by atoms with Crippen molar-refractivity contribution < 1.29 is 0 Å². The van der Waals surface area contributed by atoms with Gasteiger partial charge >= 0.3 is 0 Å². The molecule has 1 heteroatoms. The summed E-state index contributed by atoms with van der Waals surface area (Å²) in [4.78, 5) is 0. The number of fused-ring (bicyclic) bond motifs is 2. The number of hydrogen-bond donors (Lipinski definition) is 1. The Hall–Kier alpha value is -0.0400. The maximum Gasteiger partial charge on any atom is -0.00203 e. The van der Waals surface area contributed by atoms with Crippen LogP contribution in [0.25, 0.3) is 0 Å². The zero-order chi connectivity index (χ0) is 7.40. The van der Waals surface area contributed by atoms with E-state index in [0.717, 1.165) is 11.8 Å². The molecular weight excluding hydrogens is 122 g/mol. The number of hydrogen-bond acceptors (Lipinski definition) is 1. The Balaban J connectivity index is 0.000000231. The third-order valence-corrected chi connectivity index (χ3v) is 2.52. The van der Waals surface area contributed by atoms with Crippen LogP contribution in [-0.4, -0.2) is 13.1 Å². The SMILES string of the molecule is C1CC2CNCC1C2.CC. The second-order valence-electron chi connectivity index (χ2n) is 3.20. The van der Waals surface area contributed by atoms with E-state index in [4.69, 9.17) is 0 Å². The van der Waals surface area contributed by atoms with Crippen LogP contribution in [0.3, 0.4) is 0 Å². The smallest absolute Gasteiger partial charge is 0.00203 e. The molecule has 60 valence electrons. The zero-order valence-corrected chi connectivity index (χ0v) is 7.19. The van der Waals surface area contributed by atoms with E-state index < -0.39 is 0 Å². The molecule has 0 spiro atoms. The summed E-state index contributed by atoms with van der Waals surface area (Å²) in [5.74, 6) is 2.10. The molecule has 2 aliphatic rings. The van der Waals surface area contributed by atoms with Crippen LogP contribution in [0.5, 0.6) is 0 Å². The van der Waals surface area contributed by atoms with Gasteiger partial charge in [0.1, 0.15) is 0 Å². The molecule has 1 aliphatic carbocycles. The van der Waals surface area contributed by atoms with Crippen molar-refractivity contribution in [2.24, 2.45) is 11.8 Å². The lowest BCUT2D eigenvalue weighted by molar-refractivity contribution is 0.379. The number of piperidine rings is 1. The predicted octanol–water partition coefficient (Wildman–Crippen LogP) is 2.03. The van der Waals surface area contributed by atoms with Gasteiger partial charge in [-0.25, -0.2) is 0 Å². The maximum atomic E-state index is 3.45. The highest BCUT2D eigenvalue weighted by Crippen LogP contribution is 2.32. The Kier molecular flexibility index (Phi) is 3.20. The lowest BCUT2D eigenvalue weighted by Gasteiger charge is -2.18. The van der Waals surface area contributed by atoms with Gasteiger partial charge in [-0.15, -0.1) is 0 Å². The molecular formula is C9H19N. The second kappa shape index (κ2) is 3.97. The van der Waals surface area contributed by atoms with Crippen molar-refractivity contribution in [1.29, 1.82) is 0 Å². The molecule has 1 N–H and O–H groups in total. The predicted molar refractivity (Wildman–Crippen MR) is 45.0 cm³/mol. The Labute approximate surface area is 64.2 Å². The first-order chi connectivity index (χ1) is 4.95. The molecule has 2 bridgehead atoms. The molecule has 0 amide bonds. The molecule has 0 radical (unpaired) electrons. The minimum absolute atomic E-state index is 1.05. The summed E-state index contributed by atoms with van der Waals surface area (Å²) in [6, 6.07) is 0. The van der Waals surface area contributed by atoms with E-state index in [1.807, 2.05) is 13.8 Å². The molecule has 2 atom stereocenters. The summed E-state index contributed by atoms with van der Waals surface area (Å²) >= 11 is 0. The van der Waals surface area contributed by atoms with Crippen LogP contribution in [0, 0.1) is 11.8 Å². The monoisotopic (exact) mass is 141 g/mol. The first-order valence-corrected chi connectivity index (χ1v) is 4.66. The van der Waals surface area contributed by atoms with Gasteiger partial charge in [-0.1, -0.05) is 13.8 Å². The van der Waals surface area contributed by atoms with Gasteiger partial charge in [0.15, 0.2) is 0 Å². The molecule has 1 nitrogen and oxygen atoms in total. The molecule has 0 aromatic carbocycles. The van der Waals surface area contributed by atoms with Gasteiger partial charge in [0.05, 0.1) is 0 Å². The highest BCUT2D eigenvalue weighted by Gasteiger charge is 2.27. The third kappa shape index (κ3) is 1.72. The third-order valence-electron chi connectivity index (χ3n) is 2.52. The first-order valence-electron chi connectivity index (χ1n) is 4.66. The quantitative estimate of drug-likeness (QED) is 0.544. The molecule has 2 fully saturated rings. The van der Waals surface area contributed by atoms with Crippen LogP contribution in [0.2, 0.25) is 0 Å². The van der Waals surface area contributed by atoms with Crippen LogP contribution in [0.1, 0.15) is 33.1 Å². The van der Waals surface area contributed by atoms with E-state index in [0.29, 0.717) is 0 Å². The molecule has 0 aromatic rings. The molecule has 2 unspecified atom stereocenters. The zero-order valence-electron chi connectivity index (χ0n) is 7.19. The van der Waals surface area contributed by atoms with Crippen molar-refractivity contribution in [1.82, 2.24) is 5.32 Å². The lowest BCUT2D eigenvalue weighted by atomic mass is 10.0. The normalized spacial score (nSPS) is 36.6. The van der Waals surface area contributed by atoms with Gasteiger partial charge < -0.3 is 5.32 Å². The highest BCUT2D eigenvalue weighted by atomic mass is 14.9.